The Labute approximate surface area is 110 Å². The summed E-state index contributed by atoms with van der Waals surface area (Å²) in [5.74, 6) is 0.629. The molecule has 5 heteroatoms. The van der Waals surface area contributed by atoms with Crippen LogP contribution in [0, 0.1) is 0 Å². The quantitative estimate of drug-likeness (QED) is 0.776. The number of nitrogens with zero attached hydrogens (tertiary/aromatic N) is 2. The minimum absolute atomic E-state index is 0.469. The molecule has 3 nitrogen and oxygen atoms in total. The van der Waals surface area contributed by atoms with E-state index < -0.39 is 0 Å². The van der Waals surface area contributed by atoms with Crippen molar-refractivity contribution in [3.8, 4) is 5.75 Å². The van der Waals surface area contributed by atoms with Crippen LogP contribution in [0.1, 0.15) is 6.42 Å². The van der Waals surface area contributed by atoms with Crippen molar-refractivity contribution < 1.29 is 4.74 Å². The lowest BCUT2D eigenvalue weighted by atomic mass is 10.3. The third-order valence-electron chi connectivity index (χ3n) is 2.29. The molecule has 0 aliphatic heterocycles. The summed E-state index contributed by atoms with van der Waals surface area (Å²) in [5.41, 5.74) is 0. The molecule has 0 radical (unpaired) electrons. The van der Waals surface area contributed by atoms with Crippen LogP contribution in [0.3, 0.4) is 0 Å². The number of aryl methyl sites for hydroxylation is 1. The first-order valence-electron chi connectivity index (χ1n) is 5.30. The van der Waals surface area contributed by atoms with E-state index in [4.69, 9.17) is 27.9 Å². The molecule has 0 atom stereocenters. The maximum Gasteiger partial charge on any atom is 0.139 e. The summed E-state index contributed by atoms with van der Waals surface area (Å²) in [4.78, 5) is 3.97. The molecule has 0 aliphatic rings. The number of ether oxygens (including phenoxy) is 1. The zero-order valence-electron chi connectivity index (χ0n) is 9.14. The predicted octanol–water partition coefficient (Wildman–Crippen LogP) is 3.66. The predicted molar refractivity (Wildman–Crippen MR) is 68.8 cm³/mol. The standard InChI is InChI=1S/C12H12Cl2N2O/c13-10-3-1-4-11(12(10)14)17-8-2-6-16-7-5-15-9-16/h1,3-5,7,9H,2,6,8H2. The molecule has 1 aromatic carbocycles. The zero-order valence-corrected chi connectivity index (χ0v) is 10.7. The maximum absolute atomic E-state index is 6.00. The Bertz CT molecular complexity index is 471. The average Bonchev–Trinajstić information content (AvgIpc) is 2.83. The van der Waals surface area contributed by atoms with Gasteiger partial charge in [0.1, 0.15) is 10.8 Å². The normalized spacial score (nSPS) is 10.5. The summed E-state index contributed by atoms with van der Waals surface area (Å²) >= 11 is 11.9. The van der Waals surface area contributed by atoms with Crippen molar-refractivity contribution >= 4 is 23.2 Å². The number of rotatable bonds is 5. The van der Waals surface area contributed by atoms with Gasteiger partial charge in [-0.2, -0.15) is 0 Å². The minimum atomic E-state index is 0.469. The maximum atomic E-state index is 6.00. The number of imidazole rings is 1. The molecular weight excluding hydrogens is 259 g/mol. The molecule has 2 rings (SSSR count). The lowest BCUT2D eigenvalue weighted by molar-refractivity contribution is 0.302. The van der Waals surface area contributed by atoms with Crippen molar-refractivity contribution in [2.75, 3.05) is 6.61 Å². The lowest BCUT2D eigenvalue weighted by Crippen LogP contribution is -2.03. The number of aromatic nitrogens is 2. The van der Waals surface area contributed by atoms with Gasteiger partial charge in [0.25, 0.3) is 0 Å². The van der Waals surface area contributed by atoms with Crippen LogP contribution in [0.4, 0.5) is 0 Å². The second kappa shape index (κ2) is 5.94. The highest BCUT2D eigenvalue weighted by Crippen LogP contribution is 2.31. The summed E-state index contributed by atoms with van der Waals surface area (Å²) in [6, 6.07) is 5.37. The van der Waals surface area contributed by atoms with Crippen molar-refractivity contribution in [1.82, 2.24) is 9.55 Å². The Kier molecular flexibility index (Phi) is 4.29. The van der Waals surface area contributed by atoms with Crippen molar-refractivity contribution in [3.05, 3.63) is 47.0 Å². The molecule has 0 spiro atoms. The van der Waals surface area contributed by atoms with E-state index in [9.17, 15) is 0 Å². The van der Waals surface area contributed by atoms with Crippen LogP contribution in [0.5, 0.6) is 5.75 Å². The summed E-state index contributed by atoms with van der Waals surface area (Å²) in [7, 11) is 0. The topological polar surface area (TPSA) is 27.1 Å². The summed E-state index contributed by atoms with van der Waals surface area (Å²) < 4.78 is 7.57. The number of halogens is 2. The SMILES string of the molecule is Clc1cccc(OCCCn2ccnc2)c1Cl. The van der Waals surface area contributed by atoms with Gasteiger partial charge in [-0.25, -0.2) is 4.98 Å². The molecule has 0 unspecified atom stereocenters. The molecule has 17 heavy (non-hydrogen) atoms. The first-order valence-corrected chi connectivity index (χ1v) is 6.05. The summed E-state index contributed by atoms with van der Waals surface area (Å²) in [6.45, 7) is 1.47. The number of benzene rings is 1. The van der Waals surface area contributed by atoms with Gasteiger partial charge in [-0.3, -0.25) is 0 Å². The molecule has 2 aromatic rings. The Morgan fingerprint density at radius 1 is 1.29 bits per heavy atom. The van der Waals surface area contributed by atoms with Crippen molar-refractivity contribution in [3.63, 3.8) is 0 Å². The molecule has 0 saturated heterocycles. The second-order valence-electron chi connectivity index (χ2n) is 3.55. The van der Waals surface area contributed by atoms with Gasteiger partial charge < -0.3 is 9.30 Å². The molecule has 1 heterocycles. The van der Waals surface area contributed by atoms with Gasteiger partial charge in [-0.15, -0.1) is 0 Å². The van der Waals surface area contributed by atoms with E-state index in [-0.39, 0.29) is 0 Å². The summed E-state index contributed by atoms with van der Waals surface area (Å²) in [5, 5.41) is 0.982. The van der Waals surface area contributed by atoms with Gasteiger partial charge in [-0.05, 0) is 18.6 Å². The number of hydrogen-bond donors (Lipinski definition) is 0. The van der Waals surface area contributed by atoms with Gasteiger partial charge in [-0.1, -0.05) is 29.3 Å². The third kappa shape index (κ3) is 3.38. The Morgan fingerprint density at radius 3 is 2.94 bits per heavy atom. The summed E-state index contributed by atoms with van der Waals surface area (Å²) in [6.07, 6.45) is 6.35. The van der Waals surface area contributed by atoms with Crippen LogP contribution in [-0.2, 0) is 6.54 Å². The van der Waals surface area contributed by atoms with Crippen LogP contribution in [0.25, 0.3) is 0 Å². The van der Waals surface area contributed by atoms with Gasteiger partial charge in [0.15, 0.2) is 0 Å². The molecule has 90 valence electrons. The first kappa shape index (κ1) is 12.3. The van der Waals surface area contributed by atoms with Crippen LogP contribution in [-0.4, -0.2) is 16.2 Å². The second-order valence-corrected chi connectivity index (χ2v) is 4.34. The minimum Gasteiger partial charge on any atom is -0.492 e. The van der Waals surface area contributed by atoms with Crippen molar-refractivity contribution in [1.29, 1.82) is 0 Å². The van der Waals surface area contributed by atoms with Crippen LogP contribution < -0.4 is 4.74 Å². The smallest absolute Gasteiger partial charge is 0.139 e. The van der Waals surface area contributed by atoms with E-state index in [2.05, 4.69) is 4.98 Å². The fourth-order valence-electron chi connectivity index (χ4n) is 1.44. The van der Waals surface area contributed by atoms with Crippen LogP contribution in [0.2, 0.25) is 10.0 Å². The van der Waals surface area contributed by atoms with E-state index in [1.165, 1.54) is 0 Å². The molecule has 1 aromatic heterocycles. The Morgan fingerprint density at radius 2 is 2.18 bits per heavy atom. The highest BCUT2D eigenvalue weighted by Gasteiger charge is 2.04. The third-order valence-corrected chi connectivity index (χ3v) is 3.10. The van der Waals surface area contributed by atoms with Gasteiger partial charge >= 0.3 is 0 Å². The van der Waals surface area contributed by atoms with E-state index in [1.54, 1.807) is 18.6 Å². The fourth-order valence-corrected chi connectivity index (χ4v) is 1.79. The van der Waals surface area contributed by atoms with Gasteiger partial charge in [0, 0.05) is 18.9 Å². The first-order chi connectivity index (χ1) is 8.27. The molecular formula is C12H12Cl2N2O. The van der Waals surface area contributed by atoms with Gasteiger partial charge in [0.2, 0.25) is 0 Å². The fraction of sp³-hybridized carbons (Fsp3) is 0.250. The van der Waals surface area contributed by atoms with Crippen LogP contribution >= 0.6 is 23.2 Å². The molecule has 0 N–H and O–H groups in total. The Hall–Kier alpha value is -1.19. The van der Waals surface area contributed by atoms with E-state index in [0.29, 0.717) is 22.4 Å². The Balaban J connectivity index is 1.80. The molecule has 0 aliphatic carbocycles. The van der Waals surface area contributed by atoms with Crippen molar-refractivity contribution in [2.24, 2.45) is 0 Å². The number of hydrogen-bond acceptors (Lipinski definition) is 2. The van der Waals surface area contributed by atoms with Gasteiger partial charge in [0.05, 0.1) is 18.0 Å². The lowest BCUT2D eigenvalue weighted by Gasteiger charge is -2.08. The van der Waals surface area contributed by atoms with E-state index in [1.807, 2.05) is 22.9 Å². The van der Waals surface area contributed by atoms with E-state index >= 15 is 0 Å². The monoisotopic (exact) mass is 270 g/mol. The van der Waals surface area contributed by atoms with Crippen molar-refractivity contribution in [2.45, 2.75) is 13.0 Å². The molecule has 0 saturated carbocycles. The highest BCUT2D eigenvalue weighted by atomic mass is 35.5. The molecule has 0 bridgehead atoms. The average molecular weight is 271 g/mol. The zero-order chi connectivity index (χ0) is 12.1. The highest BCUT2D eigenvalue weighted by molar-refractivity contribution is 6.42. The van der Waals surface area contributed by atoms with Crippen LogP contribution in [0.15, 0.2) is 36.9 Å². The largest absolute Gasteiger partial charge is 0.492 e. The molecule has 0 fully saturated rings. The van der Waals surface area contributed by atoms with E-state index in [0.717, 1.165) is 13.0 Å². The molecule has 0 amide bonds.